The fourth-order valence-corrected chi connectivity index (χ4v) is 1.85. The zero-order valence-corrected chi connectivity index (χ0v) is 9.83. The molecule has 3 aromatic rings. The van der Waals surface area contributed by atoms with Gasteiger partial charge in [0.2, 0.25) is 0 Å². The molecule has 0 radical (unpaired) electrons. The molecule has 0 atom stereocenters. The minimum atomic E-state index is -1.000. The van der Waals surface area contributed by atoms with Crippen LogP contribution in [0.25, 0.3) is 11.0 Å². The molecule has 0 aliphatic rings. The number of carboxylic acid groups (broad SMARTS) is 1. The number of carbonyl (C=O) groups is 1. The summed E-state index contributed by atoms with van der Waals surface area (Å²) >= 11 is 0. The van der Waals surface area contributed by atoms with Crippen LogP contribution in [-0.4, -0.2) is 21.0 Å². The summed E-state index contributed by atoms with van der Waals surface area (Å²) in [5, 5.41) is 9.09. The van der Waals surface area contributed by atoms with Crippen LogP contribution < -0.4 is 4.74 Å². The van der Waals surface area contributed by atoms with Gasteiger partial charge in [-0.15, -0.1) is 0 Å². The standard InChI is InChI=1S/C14H10N2O3/c17-14(18)10-6-7-15-11-8-12(16-13(10)11)19-9-4-2-1-3-5-9/h1-8,16H,(H,17,18). The van der Waals surface area contributed by atoms with Crippen LogP contribution in [0.3, 0.4) is 0 Å². The second kappa shape index (κ2) is 4.45. The van der Waals surface area contributed by atoms with E-state index in [4.69, 9.17) is 9.84 Å². The van der Waals surface area contributed by atoms with Gasteiger partial charge in [0.1, 0.15) is 5.75 Å². The number of aromatic amines is 1. The third-order valence-electron chi connectivity index (χ3n) is 2.70. The SMILES string of the molecule is O=C(O)c1ccnc2cc(Oc3ccccc3)[nH]c12. The van der Waals surface area contributed by atoms with Gasteiger partial charge in [0.15, 0.2) is 5.88 Å². The summed E-state index contributed by atoms with van der Waals surface area (Å²) in [6, 6.07) is 12.4. The van der Waals surface area contributed by atoms with Crippen LogP contribution in [0.4, 0.5) is 0 Å². The fraction of sp³-hybridized carbons (Fsp3) is 0. The molecule has 0 aliphatic heterocycles. The van der Waals surface area contributed by atoms with Crippen molar-refractivity contribution in [3.05, 3.63) is 54.2 Å². The van der Waals surface area contributed by atoms with E-state index in [0.717, 1.165) is 0 Å². The molecule has 5 nitrogen and oxygen atoms in total. The molecule has 94 valence electrons. The highest BCUT2D eigenvalue weighted by Gasteiger charge is 2.12. The first-order chi connectivity index (χ1) is 9.24. The van der Waals surface area contributed by atoms with Crippen molar-refractivity contribution < 1.29 is 14.6 Å². The Labute approximate surface area is 108 Å². The average molecular weight is 254 g/mol. The van der Waals surface area contributed by atoms with Crippen molar-refractivity contribution in [1.82, 2.24) is 9.97 Å². The second-order valence-corrected chi connectivity index (χ2v) is 3.97. The van der Waals surface area contributed by atoms with Gasteiger partial charge < -0.3 is 14.8 Å². The van der Waals surface area contributed by atoms with Gasteiger partial charge >= 0.3 is 5.97 Å². The lowest BCUT2D eigenvalue weighted by atomic mass is 10.2. The summed E-state index contributed by atoms with van der Waals surface area (Å²) in [7, 11) is 0. The van der Waals surface area contributed by atoms with E-state index in [1.807, 2.05) is 30.3 Å². The number of hydrogen-bond acceptors (Lipinski definition) is 3. The summed E-state index contributed by atoms with van der Waals surface area (Å²) in [5.41, 5.74) is 1.19. The number of rotatable bonds is 3. The lowest BCUT2D eigenvalue weighted by Gasteiger charge is -2.01. The number of para-hydroxylation sites is 1. The summed E-state index contributed by atoms with van der Waals surface area (Å²) in [4.78, 5) is 18.1. The first kappa shape index (κ1) is 11.3. The van der Waals surface area contributed by atoms with Crippen LogP contribution in [0.15, 0.2) is 48.7 Å². The van der Waals surface area contributed by atoms with Crippen molar-refractivity contribution in [2.45, 2.75) is 0 Å². The molecule has 1 aromatic carbocycles. The monoisotopic (exact) mass is 254 g/mol. The van der Waals surface area contributed by atoms with E-state index >= 15 is 0 Å². The molecule has 0 saturated carbocycles. The maximum Gasteiger partial charge on any atom is 0.337 e. The number of carboxylic acids is 1. The molecule has 0 aliphatic carbocycles. The summed E-state index contributed by atoms with van der Waals surface area (Å²) in [6.07, 6.45) is 1.46. The van der Waals surface area contributed by atoms with Gasteiger partial charge in [-0.25, -0.2) is 4.79 Å². The largest absolute Gasteiger partial charge is 0.478 e. The fourth-order valence-electron chi connectivity index (χ4n) is 1.85. The maximum atomic E-state index is 11.1. The van der Waals surface area contributed by atoms with Gasteiger partial charge in [0.05, 0.1) is 16.6 Å². The van der Waals surface area contributed by atoms with E-state index in [0.29, 0.717) is 22.7 Å². The number of ether oxygens (including phenoxy) is 1. The number of hydrogen-bond donors (Lipinski definition) is 2. The van der Waals surface area contributed by atoms with Crippen molar-refractivity contribution >= 4 is 17.0 Å². The van der Waals surface area contributed by atoms with E-state index in [1.165, 1.54) is 12.3 Å². The van der Waals surface area contributed by atoms with Crippen LogP contribution in [0.1, 0.15) is 10.4 Å². The summed E-state index contributed by atoms with van der Waals surface area (Å²) in [6.45, 7) is 0. The summed E-state index contributed by atoms with van der Waals surface area (Å²) in [5.74, 6) is 0.133. The van der Waals surface area contributed by atoms with Crippen LogP contribution >= 0.6 is 0 Å². The predicted molar refractivity (Wildman–Crippen MR) is 69.6 cm³/mol. The number of pyridine rings is 1. The summed E-state index contributed by atoms with van der Waals surface area (Å²) < 4.78 is 5.61. The molecule has 5 heteroatoms. The molecule has 0 saturated heterocycles. The van der Waals surface area contributed by atoms with Crippen molar-refractivity contribution in [2.75, 3.05) is 0 Å². The molecular formula is C14H10N2O3. The lowest BCUT2D eigenvalue weighted by molar-refractivity contribution is 0.0699. The third-order valence-corrected chi connectivity index (χ3v) is 2.70. The first-order valence-electron chi connectivity index (χ1n) is 5.68. The molecule has 0 bridgehead atoms. The molecule has 2 aromatic heterocycles. The van der Waals surface area contributed by atoms with Crippen molar-refractivity contribution in [3.63, 3.8) is 0 Å². The predicted octanol–water partition coefficient (Wildman–Crippen LogP) is 3.05. The number of fused-ring (bicyclic) bond motifs is 1. The number of benzene rings is 1. The number of nitrogens with one attached hydrogen (secondary N) is 1. The van der Waals surface area contributed by atoms with E-state index in [2.05, 4.69) is 9.97 Å². The Morgan fingerprint density at radius 1 is 1.21 bits per heavy atom. The van der Waals surface area contributed by atoms with E-state index in [-0.39, 0.29) is 5.56 Å². The molecule has 0 unspecified atom stereocenters. The number of aromatic carboxylic acids is 1. The van der Waals surface area contributed by atoms with Crippen molar-refractivity contribution in [1.29, 1.82) is 0 Å². The van der Waals surface area contributed by atoms with Crippen LogP contribution in [-0.2, 0) is 0 Å². The first-order valence-corrected chi connectivity index (χ1v) is 5.68. The lowest BCUT2D eigenvalue weighted by Crippen LogP contribution is -1.97. The van der Waals surface area contributed by atoms with Crippen molar-refractivity contribution in [2.24, 2.45) is 0 Å². The van der Waals surface area contributed by atoms with Gasteiger partial charge in [-0.05, 0) is 18.2 Å². The molecule has 2 heterocycles. The molecule has 2 N–H and O–H groups in total. The van der Waals surface area contributed by atoms with Gasteiger partial charge in [0, 0.05) is 12.3 Å². The molecule has 19 heavy (non-hydrogen) atoms. The quantitative estimate of drug-likeness (QED) is 0.753. The molecule has 0 fully saturated rings. The number of nitrogens with zero attached hydrogens (tertiary/aromatic N) is 1. The Hall–Kier alpha value is -2.82. The Morgan fingerprint density at radius 2 is 2.00 bits per heavy atom. The van der Waals surface area contributed by atoms with E-state index < -0.39 is 5.97 Å². The smallest absolute Gasteiger partial charge is 0.337 e. The zero-order chi connectivity index (χ0) is 13.2. The normalized spacial score (nSPS) is 10.5. The number of H-pyrrole nitrogens is 1. The highest BCUT2D eigenvalue weighted by molar-refractivity contribution is 6.01. The Morgan fingerprint density at radius 3 is 2.74 bits per heavy atom. The van der Waals surface area contributed by atoms with Crippen molar-refractivity contribution in [3.8, 4) is 11.6 Å². The molecule has 0 spiro atoms. The molecular weight excluding hydrogens is 244 g/mol. The van der Waals surface area contributed by atoms with Gasteiger partial charge in [-0.2, -0.15) is 0 Å². The average Bonchev–Trinajstić information content (AvgIpc) is 2.81. The topological polar surface area (TPSA) is 75.2 Å². The Balaban J connectivity index is 2.03. The third kappa shape index (κ3) is 2.13. The number of aromatic nitrogens is 2. The maximum absolute atomic E-state index is 11.1. The van der Waals surface area contributed by atoms with Crippen LogP contribution in [0.2, 0.25) is 0 Å². The Bertz CT molecular complexity index is 735. The molecule has 3 rings (SSSR count). The van der Waals surface area contributed by atoms with E-state index in [1.54, 1.807) is 6.07 Å². The van der Waals surface area contributed by atoms with Crippen LogP contribution in [0, 0.1) is 0 Å². The minimum absolute atomic E-state index is 0.174. The van der Waals surface area contributed by atoms with Gasteiger partial charge in [-0.3, -0.25) is 4.98 Å². The minimum Gasteiger partial charge on any atom is -0.478 e. The second-order valence-electron chi connectivity index (χ2n) is 3.97. The highest BCUT2D eigenvalue weighted by atomic mass is 16.5. The van der Waals surface area contributed by atoms with Gasteiger partial charge in [0.25, 0.3) is 0 Å². The molecule has 0 amide bonds. The highest BCUT2D eigenvalue weighted by Crippen LogP contribution is 2.25. The zero-order valence-electron chi connectivity index (χ0n) is 9.83. The van der Waals surface area contributed by atoms with E-state index in [9.17, 15) is 4.79 Å². The van der Waals surface area contributed by atoms with Gasteiger partial charge in [-0.1, -0.05) is 18.2 Å². The van der Waals surface area contributed by atoms with Crippen LogP contribution in [0.5, 0.6) is 11.6 Å². The Kier molecular flexibility index (Phi) is 2.64.